The monoisotopic (exact) mass is 209 g/mol. The molecule has 13 heavy (non-hydrogen) atoms. The van der Waals surface area contributed by atoms with Crippen LogP contribution in [0.25, 0.3) is 0 Å². The zero-order valence-corrected chi connectivity index (χ0v) is 7.09. The number of carboxylic acid groups (broad SMARTS) is 2. The van der Waals surface area contributed by atoms with Crippen molar-refractivity contribution in [1.29, 1.82) is 5.41 Å². The molecule has 74 valence electrons. The lowest BCUT2D eigenvalue weighted by Gasteiger charge is -2.01. The third-order valence-corrected chi connectivity index (χ3v) is 0.768. The molecule has 0 aromatic carbocycles. The molecule has 6 N–H and O–H groups in total. The summed E-state index contributed by atoms with van der Waals surface area (Å²) in [6.45, 7) is 0. The molecule has 0 atom stereocenters. The summed E-state index contributed by atoms with van der Waals surface area (Å²) in [5.41, 5.74) is 4.12. The maximum atomic E-state index is 10.2. The Balaban J connectivity index is 0. The normalized spacial score (nSPS) is 9.69. The quantitative estimate of drug-likeness (QED) is 0.228. The van der Waals surface area contributed by atoms with E-state index < -0.39 is 23.6 Å². The largest absolute Gasteiger partial charge is 0.478 e. The van der Waals surface area contributed by atoms with Crippen LogP contribution in [0.4, 0.5) is 0 Å². The van der Waals surface area contributed by atoms with Crippen LogP contribution in [-0.2, 0) is 9.59 Å². The van der Waals surface area contributed by atoms with Gasteiger partial charge in [-0.05, 0) is 0 Å². The first-order chi connectivity index (χ1) is 5.43. The van der Waals surface area contributed by atoms with Gasteiger partial charge in [-0.25, -0.2) is 9.59 Å². The summed E-state index contributed by atoms with van der Waals surface area (Å²) in [6.07, 6.45) is 0.406. The van der Waals surface area contributed by atoms with Gasteiger partial charge >= 0.3 is 11.9 Å². The Hall–Kier alpha value is -1.76. The predicted octanol–water partition coefficient (Wildman–Crippen LogP) is -1.06. The number of carboxylic acids is 2. The van der Waals surface area contributed by atoms with Crippen molar-refractivity contribution >= 4 is 30.3 Å². The summed E-state index contributed by atoms with van der Waals surface area (Å²) in [4.78, 5) is 20.2. The highest BCUT2D eigenvalue weighted by molar-refractivity contribution is 5.97. The Labute approximate surface area is 79.1 Å². The standard InChI is InChI=1S/C5H7N3O4.ClH/c6-5(7)8-2(4(11)12)1-3(9)10;/h1H,(H,9,10)(H,11,12)(H4,6,7,8);1H/b2-1+;. The number of hydrogen-bond acceptors (Lipinski definition) is 3. The van der Waals surface area contributed by atoms with Gasteiger partial charge in [0.1, 0.15) is 5.70 Å². The van der Waals surface area contributed by atoms with Gasteiger partial charge < -0.3 is 21.3 Å². The van der Waals surface area contributed by atoms with Crippen LogP contribution in [-0.4, -0.2) is 28.1 Å². The average Bonchev–Trinajstić information content (AvgIpc) is 1.83. The van der Waals surface area contributed by atoms with Crippen LogP contribution in [0.2, 0.25) is 0 Å². The van der Waals surface area contributed by atoms with E-state index in [1.54, 1.807) is 0 Å². The maximum Gasteiger partial charge on any atom is 0.352 e. The Kier molecular flexibility index (Phi) is 6.20. The second kappa shape index (κ2) is 5.84. The first kappa shape index (κ1) is 13.8. The fraction of sp³-hybridized carbons (Fsp3) is 0. The number of rotatable bonds is 3. The third kappa shape index (κ3) is 6.63. The van der Waals surface area contributed by atoms with Crippen molar-refractivity contribution in [2.75, 3.05) is 0 Å². The van der Waals surface area contributed by atoms with E-state index in [2.05, 4.69) is 0 Å². The number of aliphatic carboxylic acids is 2. The van der Waals surface area contributed by atoms with Gasteiger partial charge in [0.15, 0.2) is 5.96 Å². The Bertz CT molecular complexity index is 263. The van der Waals surface area contributed by atoms with Crippen LogP contribution >= 0.6 is 12.4 Å². The highest BCUT2D eigenvalue weighted by atomic mass is 35.5. The molecule has 0 fully saturated rings. The zero-order valence-electron chi connectivity index (χ0n) is 6.27. The lowest BCUT2D eigenvalue weighted by atomic mass is 10.4. The van der Waals surface area contributed by atoms with Gasteiger partial charge in [-0.15, -0.1) is 12.4 Å². The molecule has 0 spiro atoms. The summed E-state index contributed by atoms with van der Waals surface area (Å²) < 4.78 is 0. The number of nitrogens with one attached hydrogen (secondary N) is 2. The van der Waals surface area contributed by atoms with Crippen molar-refractivity contribution in [3.8, 4) is 0 Å². The molecular weight excluding hydrogens is 202 g/mol. The third-order valence-electron chi connectivity index (χ3n) is 0.768. The van der Waals surface area contributed by atoms with Crippen molar-refractivity contribution in [3.05, 3.63) is 11.8 Å². The van der Waals surface area contributed by atoms with Gasteiger partial charge in [0, 0.05) is 0 Å². The minimum atomic E-state index is -1.49. The smallest absolute Gasteiger partial charge is 0.352 e. The number of carbonyl (C=O) groups is 2. The Morgan fingerprint density at radius 1 is 1.38 bits per heavy atom. The second-order valence-corrected chi connectivity index (χ2v) is 1.74. The van der Waals surface area contributed by atoms with E-state index in [-0.39, 0.29) is 12.4 Å². The molecule has 0 unspecified atom stereocenters. The minimum Gasteiger partial charge on any atom is -0.478 e. The molecular formula is C5H8ClN3O4. The first-order valence-electron chi connectivity index (χ1n) is 2.72. The van der Waals surface area contributed by atoms with Crippen LogP contribution in [0.5, 0.6) is 0 Å². The molecule has 0 heterocycles. The number of halogens is 1. The number of hydrogen-bond donors (Lipinski definition) is 5. The van der Waals surface area contributed by atoms with Gasteiger partial charge in [-0.3, -0.25) is 5.41 Å². The molecule has 7 nitrogen and oxygen atoms in total. The van der Waals surface area contributed by atoms with Crippen LogP contribution in [0, 0.1) is 5.41 Å². The fourth-order valence-electron chi connectivity index (χ4n) is 0.420. The SMILES string of the molecule is Cl.N=C(N)N/C(=C/C(=O)O)C(=O)O. The number of nitrogens with two attached hydrogens (primary N) is 1. The van der Waals surface area contributed by atoms with Crippen LogP contribution in [0.1, 0.15) is 0 Å². The molecule has 0 aliphatic rings. The Morgan fingerprint density at radius 2 is 1.85 bits per heavy atom. The lowest BCUT2D eigenvalue weighted by Crippen LogP contribution is -2.33. The van der Waals surface area contributed by atoms with E-state index >= 15 is 0 Å². The summed E-state index contributed by atoms with van der Waals surface area (Å²) in [5, 5.41) is 25.0. The average molecular weight is 210 g/mol. The van der Waals surface area contributed by atoms with Crippen molar-refractivity contribution in [2.24, 2.45) is 5.73 Å². The van der Waals surface area contributed by atoms with E-state index in [0.29, 0.717) is 6.08 Å². The highest BCUT2D eigenvalue weighted by Gasteiger charge is 2.09. The van der Waals surface area contributed by atoms with E-state index in [1.807, 2.05) is 5.32 Å². The number of guanidine groups is 1. The molecule has 0 aromatic rings. The van der Waals surface area contributed by atoms with Gasteiger partial charge in [0.05, 0.1) is 6.08 Å². The Morgan fingerprint density at radius 3 is 2.08 bits per heavy atom. The molecule has 0 saturated heterocycles. The zero-order chi connectivity index (χ0) is 9.72. The van der Waals surface area contributed by atoms with E-state index in [0.717, 1.165) is 0 Å². The van der Waals surface area contributed by atoms with Crippen molar-refractivity contribution < 1.29 is 19.8 Å². The molecule has 0 aliphatic carbocycles. The van der Waals surface area contributed by atoms with Crippen LogP contribution in [0.3, 0.4) is 0 Å². The highest BCUT2D eigenvalue weighted by Crippen LogP contribution is 1.87. The molecule has 0 rings (SSSR count). The molecule has 0 aromatic heterocycles. The second-order valence-electron chi connectivity index (χ2n) is 1.74. The molecule has 0 bridgehead atoms. The van der Waals surface area contributed by atoms with Crippen LogP contribution in [0.15, 0.2) is 11.8 Å². The van der Waals surface area contributed by atoms with Gasteiger partial charge in [-0.1, -0.05) is 0 Å². The predicted molar refractivity (Wildman–Crippen MR) is 45.7 cm³/mol. The maximum absolute atomic E-state index is 10.2. The topological polar surface area (TPSA) is 136 Å². The van der Waals surface area contributed by atoms with Gasteiger partial charge in [-0.2, -0.15) is 0 Å². The van der Waals surface area contributed by atoms with E-state index in [4.69, 9.17) is 21.4 Å². The summed E-state index contributed by atoms with van der Waals surface area (Å²) in [7, 11) is 0. The molecule has 8 heteroatoms. The van der Waals surface area contributed by atoms with Gasteiger partial charge in [0.2, 0.25) is 0 Å². The molecule has 0 saturated carbocycles. The minimum absolute atomic E-state index is 0. The molecule has 0 amide bonds. The molecule has 0 aliphatic heterocycles. The fourth-order valence-corrected chi connectivity index (χ4v) is 0.420. The summed E-state index contributed by atoms with van der Waals surface area (Å²) in [5.74, 6) is -3.56. The van der Waals surface area contributed by atoms with Crippen molar-refractivity contribution in [1.82, 2.24) is 5.32 Å². The first-order valence-corrected chi connectivity index (χ1v) is 2.72. The van der Waals surface area contributed by atoms with E-state index in [9.17, 15) is 9.59 Å². The van der Waals surface area contributed by atoms with Crippen LogP contribution < -0.4 is 11.1 Å². The van der Waals surface area contributed by atoms with E-state index in [1.165, 1.54) is 0 Å². The van der Waals surface area contributed by atoms with Gasteiger partial charge in [0.25, 0.3) is 0 Å². The summed E-state index contributed by atoms with van der Waals surface area (Å²) in [6, 6.07) is 0. The summed E-state index contributed by atoms with van der Waals surface area (Å²) >= 11 is 0. The van der Waals surface area contributed by atoms with Crippen molar-refractivity contribution in [2.45, 2.75) is 0 Å². The van der Waals surface area contributed by atoms with Crippen molar-refractivity contribution in [3.63, 3.8) is 0 Å². The molecule has 0 radical (unpaired) electrons. The lowest BCUT2D eigenvalue weighted by molar-refractivity contribution is -0.135.